The number of halogens is 1. The minimum atomic E-state index is -0.912. The molecule has 0 atom stereocenters. The molecule has 0 radical (unpaired) electrons. The quantitative estimate of drug-likeness (QED) is 0.835. The van der Waals surface area contributed by atoms with Crippen LogP contribution in [0.3, 0.4) is 0 Å². The molecule has 4 heteroatoms. The molecule has 0 spiro atoms. The molecule has 0 amide bonds. The van der Waals surface area contributed by atoms with Crippen LogP contribution in [0.1, 0.15) is 12.5 Å². The highest BCUT2D eigenvalue weighted by Gasteiger charge is 1.99. The van der Waals surface area contributed by atoms with Gasteiger partial charge < -0.3 is 10.4 Å². The Morgan fingerprint density at radius 3 is 2.88 bits per heavy atom. The van der Waals surface area contributed by atoms with Gasteiger partial charge in [-0.25, -0.2) is 4.79 Å². The summed E-state index contributed by atoms with van der Waals surface area (Å²) in [5, 5.41) is 11.8. The third-order valence-corrected chi connectivity index (χ3v) is 2.62. The molecule has 1 aromatic rings. The minimum absolute atomic E-state index is 0.531. The Morgan fingerprint density at radius 1 is 1.56 bits per heavy atom. The molecule has 0 bridgehead atoms. The van der Waals surface area contributed by atoms with Gasteiger partial charge in [-0.3, -0.25) is 0 Å². The predicted molar refractivity (Wildman–Crippen MR) is 68.8 cm³/mol. The Morgan fingerprint density at radius 2 is 2.25 bits per heavy atom. The summed E-state index contributed by atoms with van der Waals surface area (Å²) >= 11 is 3.39. The molecule has 0 aromatic heterocycles. The number of carboxylic acids is 1. The Hall–Kier alpha value is -1.29. The van der Waals surface area contributed by atoms with Crippen LogP contribution in [-0.4, -0.2) is 17.6 Å². The number of hydrogen-bond donors (Lipinski definition) is 2. The maximum atomic E-state index is 10.4. The van der Waals surface area contributed by atoms with E-state index in [1.165, 1.54) is 6.08 Å². The molecule has 1 aromatic carbocycles. The second kappa shape index (κ2) is 5.70. The average Bonchev–Trinajstić information content (AvgIpc) is 2.18. The Balaban J connectivity index is 2.68. The number of hydrogen-bond acceptors (Lipinski definition) is 2. The van der Waals surface area contributed by atoms with Crippen molar-refractivity contribution in [2.45, 2.75) is 13.8 Å². The molecule has 0 unspecified atom stereocenters. The number of rotatable bonds is 4. The summed E-state index contributed by atoms with van der Waals surface area (Å²) in [6, 6.07) is 5.95. The van der Waals surface area contributed by atoms with Gasteiger partial charge in [0.25, 0.3) is 0 Å². The van der Waals surface area contributed by atoms with E-state index in [2.05, 4.69) is 21.2 Å². The van der Waals surface area contributed by atoms with Crippen LogP contribution in [-0.2, 0) is 4.79 Å². The fraction of sp³-hybridized carbons (Fsp3) is 0.250. The van der Waals surface area contributed by atoms with E-state index in [1.807, 2.05) is 25.1 Å². The van der Waals surface area contributed by atoms with Gasteiger partial charge in [0.05, 0.1) is 0 Å². The molecule has 0 aliphatic rings. The minimum Gasteiger partial charge on any atom is -0.478 e. The summed E-state index contributed by atoms with van der Waals surface area (Å²) in [7, 11) is 0. The molecular weight excluding hydrogens is 270 g/mol. The van der Waals surface area contributed by atoms with E-state index in [0.717, 1.165) is 21.3 Å². The lowest BCUT2D eigenvalue weighted by Crippen LogP contribution is -2.05. The normalized spacial score (nSPS) is 11.3. The van der Waals surface area contributed by atoms with E-state index in [0.29, 0.717) is 6.54 Å². The van der Waals surface area contributed by atoms with Crippen LogP contribution in [0.2, 0.25) is 0 Å². The van der Waals surface area contributed by atoms with Gasteiger partial charge >= 0.3 is 5.97 Å². The third kappa shape index (κ3) is 4.06. The zero-order chi connectivity index (χ0) is 12.1. The lowest BCUT2D eigenvalue weighted by Gasteiger charge is -2.09. The van der Waals surface area contributed by atoms with E-state index in [4.69, 9.17) is 5.11 Å². The van der Waals surface area contributed by atoms with E-state index in [1.54, 1.807) is 6.92 Å². The lowest BCUT2D eigenvalue weighted by atomic mass is 10.2. The second-order valence-electron chi connectivity index (χ2n) is 3.64. The van der Waals surface area contributed by atoms with Crippen molar-refractivity contribution in [2.24, 2.45) is 0 Å². The molecule has 1 rings (SSSR count). The largest absolute Gasteiger partial charge is 0.478 e. The zero-order valence-corrected chi connectivity index (χ0v) is 10.8. The van der Waals surface area contributed by atoms with Crippen molar-refractivity contribution < 1.29 is 9.90 Å². The van der Waals surface area contributed by atoms with Crippen molar-refractivity contribution in [1.29, 1.82) is 0 Å². The molecule has 0 aliphatic carbocycles. The van der Waals surface area contributed by atoms with Crippen LogP contribution >= 0.6 is 15.9 Å². The summed E-state index contributed by atoms with van der Waals surface area (Å²) < 4.78 is 1.00. The van der Waals surface area contributed by atoms with Crippen molar-refractivity contribution in [2.75, 3.05) is 11.9 Å². The van der Waals surface area contributed by atoms with E-state index >= 15 is 0 Å². The fourth-order valence-electron chi connectivity index (χ4n) is 1.28. The molecule has 0 saturated carbocycles. The first kappa shape index (κ1) is 12.8. The number of benzene rings is 1. The molecule has 0 fully saturated rings. The first-order valence-electron chi connectivity index (χ1n) is 4.89. The number of aryl methyl sites for hydroxylation is 1. The van der Waals surface area contributed by atoms with Gasteiger partial charge in [0.1, 0.15) is 0 Å². The van der Waals surface area contributed by atoms with E-state index in [9.17, 15) is 4.79 Å². The van der Waals surface area contributed by atoms with Gasteiger partial charge in [-0.2, -0.15) is 0 Å². The first-order valence-corrected chi connectivity index (χ1v) is 5.68. The lowest BCUT2D eigenvalue weighted by molar-refractivity contribution is -0.131. The zero-order valence-electron chi connectivity index (χ0n) is 9.25. The maximum Gasteiger partial charge on any atom is 0.328 e. The van der Waals surface area contributed by atoms with Crippen molar-refractivity contribution in [1.82, 2.24) is 0 Å². The average molecular weight is 284 g/mol. The van der Waals surface area contributed by atoms with Crippen LogP contribution in [0.5, 0.6) is 0 Å². The smallest absolute Gasteiger partial charge is 0.328 e. The Labute approximate surface area is 103 Å². The summed E-state index contributed by atoms with van der Waals surface area (Å²) in [5.74, 6) is -0.912. The third-order valence-electron chi connectivity index (χ3n) is 2.13. The number of anilines is 1. The number of carbonyl (C=O) groups is 1. The van der Waals surface area contributed by atoms with E-state index < -0.39 is 5.97 Å². The summed E-state index contributed by atoms with van der Waals surface area (Å²) in [6.45, 7) is 4.32. The van der Waals surface area contributed by atoms with Crippen LogP contribution in [0.25, 0.3) is 0 Å². The van der Waals surface area contributed by atoms with Gasteiger partial charge in [-0.05, 0) is 37.1 Å². The standard InChI is InChI=1S/C12H14BrNO2/c1-8(5-12(15)16)7-14-11-6-10(13)4-3-9(11)2/h3-6,14H,7H2,1-2H3,(H,15,16)/b8-5-. The highest BCUT2D eigenvalue weighted by Crippen LogP contribution is 2.20. The molecule has 86 valence electrons. The van der Waals surface area contributed by atoms with Gasteiger partial charge in [-0.1, -0.05) is 22.0 Å². The predicted octanol–water partition coefficient (Wildman–Crippen LogP) is 3.20. The van der Waals surface area contributed by atoms with Crippen LogP contribution < -0.4 is 5.32 Å². The molecule has 0 aliphatic heterocycles. The van der Waals surface area contributed by atoms with Gasteiger partial charge in [0.15, 0.2) is 0 Å². The molecule has 16 heavy (non-hydrogen) atoms. The highest BCUT2D eigenvalue weighted by atomic mass is 79.9. The summed E-state index contributed by atoms with van der Waals surface area (Å²) in [6.07, 6.45) is 1.21. The van der Waals surface area contributed by atoms with Gasteiger partial charge in [0, 0.05) is 22.8 Å². The van der Waals surface area contributed by atoms with Crippen molar-refractivity contribution in [3.05, 3.63) is 39.9 Å². The summed E-state index contributed by atoms with van der Waals surface area (Å²) in [4.78, 5) is 10.4. The molecule has 0 saturated heterocycles. The molecule has 2 N–H and O–H groups in total. The molecular formula is C12H14BrNO2. The summed E-state index contributed by atoms with van der Waals surface area (Å²) in [5.41, 5.74) is 2.92. The number of carboxylic acid groups (broad SMARTS) is 1. The van der Waals surface area contributed by atoms with Crippen molar-refractivity contribution in [3.8, 4) is 0 Å². The highest BCUT2D eigenvalue weighted by molar-refractivity contribution is 9.10. The molecule has 3 nitrogen and oxygen atoms in total. The number of nitrogens with one attached hydrogen (secondary N) is 1. The van der Waals surface area contributed by atoms with Gasteiger partial charge in [0.2, 0.25) is 0 Å². The van der Waals surface area contributed by atoms with Crippen LogP contribution in [0.15, 0.2) is 34.3 Å². The van der Waals surface area contributed by atoms with E-state index in [-0.39, 0.29) is 0 Å². The monoisotopic (exact) mass is 283 g/mol. The maximum absolute atomic E-state index is 10.4. The van der Waals surface area contributed by atoms with Crippen molar-refractivity contribution in [3.63, 3.8) is 0 Å². The SMILES string of the molecule is C/C(=C/C(=O)O)CNc1cc(Br)ccc1C. The van der Waals surface area contributed by atoms with Crippen LogP contribution in [0, 0.1) is 6.92 Å². The Bertz CT molecular complexity index is 427. The first-order chi connectivity index (χ1) is 7.49. The number of aliphatic carboxylic acids is 1. The second-order valence-corrected chi connectivity index (χ2v) is 4.56. The fourth-order valence-corrected chi connectivity index (χ4v) is 1.64. The molecule has 0 heterocycles. The topological polar surface area (TPSA) is 49.3 Å². The Kier molecular flexibility index (Phi) is 4.55. The van der Waals surface area contributed by atoms with Crippen LogP contribution in [0.4, 0.5) is 5.69 Å². The van der Waals surface area contributed by atoms with Crippen molar-refractivity contribution >= 4 is 27.6 Å². The van der Waals surface area contributed by atoms with Gasteiger partial charge in [-0.15, -0.1) is 0 Å².